The first-order valence-corrected chi connectivity index (χ1v) is 9.81. The number of halogens is 1. The Morgan fingerprint density at radius 3 is 2.74 bits per heavy atom. The lowest BCUT2D eigenvalue weighted by atomic mass is 10.1. The first-order valence-electron chi connectivity index (χ1n) is 9.81. The third-order valence-electron chi connectivity index (χ3n) is 4.68. The molecule has 0 aliphatic heterocycles. The average Bonchev–Trinajstić information content (AvgIpc) is 3.38. The normalized spacial score (nSPS) is 11.7. The van der Waals surface area contributed by atoms with Crippen molar-refractivity contribution in [2.75, 3.05) is 6.61 Å². The first-order chi connectivity index (χ1) is 15.1. The summed E-state index contributed by atoms with van der Waals surface area (Å²) in [7, 11) is 0. The van der Waals surface area contributed by atoms with Crippen LogP contribution in [0.4, 0.5) is 4.39 Å². The molecule has 0 bridgehead atoms. The van der Waals surface area contributed by atoms with Crippen LogP contribution in [0, 0.1) is 5.82 Å². The van der Waals surface area contributed by atoms with Gasteiger partial charge in [-0.2, -0.15) is 0 Å². The van der Waals surface area contributed by atoms with Crippen LogP contribution >= 0.6 is 0 Å². The molecule has 2 aromatic heterocycles. The fourth-order valence-corrected chi connectivity index (χ4v) is 3.27. The van der Waals surface area contributed by atoms with E-state index in [1.165, 1.54) is 12.1 Å². The van der Waals surface area contributed by atoms with Crippen molar-refractivity contribution in [3.05, 3.63) is 77.9 Å². The Bertz CT molecular complexity index is 1240. The lowest BCUT2D eigenvalue weighted by molar-refractivity contribution is -0.136. The largest absolute Gasteiger partial charge is 0.481 e. The van der Waals surface area contributed by atoms with Gasteiger partial charge in [-0.1, -0.05) is 35.4 Å². The van der Waals surface area contributed by atoms with Crippen molar-refractivity contribution in [2.45, 2.75) is 19.8 Å². The molecule has 31 heavy (non-hydrogen) atoms. The lowest BCUT2D eigenvalue weighted by Crippen LogP contribution is -2.13. The molecule has 0 aliphatic carbocycles. The molecule has 4 rings (SSSR count). The van der Waals surface area contributed by atoms with E-state index < -0.39 is 5.97 Å². The van der Waals surface area contributed by atoms with Gasteiger partial charge in [0.1, 0.15) is 18.1 Å². The molecule has 0 radical (unpaired) electrons. The summed E-state index contributed by atoms with van der Waals surface area (Å²) in [6.07, 6.45) is 2.35. The van der Waals surface area contributed by atoms with Gasteiger partial charge in [-0.3, -0.25) is 9.36 Å². The van der Waals surface area contributed by atoms with Crippen molar-refractivity contribution in [2.24, 2.45) is 5.16 Å². The van der Waals surface area contributed by atoms with Crippen molar-refractivity contribution < 1.29 is 23.7 Å². The smallest absolute Gasteiger partial charge is 0.307 e. The number of oxime groups is 1. The molecular formula is C23H20FN3O4. The molecule has 4 aromatic rings. The number of carboxylic acid groups (broad SMARTS) is 1. The molecule has 0 saturated carbocycles. The highest BCUT2D eigenvalue weighted by atomic mass is 19.1. The minimum Gasteiger partial charge on any atom is -0.481 e. The molecule has 1 N–H and O–H groups in total. The zero-order valence-corrected chi connectivity index (χ0v) is 16.8. The second-order valence-electron chi connectivity index (χ2n) is 6.94. The second kappa shape index (κ2) is 8.83. The molecule has 2 heterocycles. The standard InChI is InChI=1S/C23H20FN3O4/c1-2-11-30-26-23(21-13-19(25-31-21)15-7-9-17(24)10-8-15)27-14-16(12-22(28)29)18-5-3-4-6-20(18)27/h3-10,13-14H,2,11-12H2,1H3,(H,28,29)/b26-23-. The van der Waals surface area contributed by atoms with E-state index >= 15 is 0 Å². The Morgan fingerprint density at radius 1 is 1.23 bits per heavy atom. The van der Waals surface area contributed by atoms with E-state index in [-0.39, 0.29) is 12.2 Å². The number of para-hydroxylation sites is 1. The molecule has 0 amide bonds. The second-order valence-corrected chi connectivity index (χ2v) is 6.94. The van der Waals surface area contributed by atoms with E-state index in [4.69, 9.17) is 9.36 Å². The van der Waals surface area contributed by atoms with Crippen molar-refractivity contribution >= 4 is 22.7 Å². The fraction of sp³-hybridized carbons (Fsp3) is 0.174. The number of aliphatic carboxylic acids is 1. The summed E-state index contributed by atoms with van der Waals surface area (Å²) in [4.78, 5) is 16.8. The van der Waals surface area contributed by atoms with Crippen LogP contribution in [0.15, 0.2) is 70.5 Å². The highest BCUT2D eigenvalue weighted by Gasteiger charge is 2.20. The number of carboxylic acids is 1. The minimum atomic E-state index is -0.929. The van der Waals surface area contributed by atoms with Crippen LogP contribution in [0.25, 0.3) is 22.2 Å². The Balaban J connectivity index is 1.81. The molecule has 0 fully saturated rings. The van der Waals surface area contributed by atoms with Crippen LogP contribution in [-0.2, 0) is 16.1 Å². The summed E-state index contributed by atoms with van der Waals surface area (Å²) in [5.41, 5.74) is 2.61. The maximum Gasteiger partial charge on any atom is 0.307 e. The summed E-state index contributed by atoms with van der Waals surface area (Å²) in [6, 6.07) is 15.0. The quantitative estimate of drug-likeness (QED) is 0.202. The molecule has 8 heteroatoms. The molecular weight excluding hydrogens is 401 g/mol. The van der Waals surface area contributed by atoms with Crippen LogP contribution in [0.3, 0.4) is 0 Å². The molecule has 158 valence electrons. The molecule has 0 atom stereocenters. The van der Waals surface area contributed by atoms with E-state index in [9.17, 15) is 14.3 Å². The number of hydrogen-bond acceptors (Lipinski definition) is 5. The van der Waals surface area contributed by atoms with Gasteiger partial charge >= 0.3 is 5.97 Å². The zero-order valence-electron chi connectivity index (χ0n) is 16.8. The molecule has 0 aliphatic rings. The Hall–Kier alpha value is -3.94. The Labute approximate surface area is 177 Å². The third-order valence-corrected chi connectivity index (χ3v) is 4.68. The Kier molecular flexibility index (Phi) is 5.79. The summed E-state index contributed by atoms with van der Waals surface area (Å²) in [6.45, 7) is 2.37. The van der Waals surface area contributed by atoms with E-state index in [1.807, 2.05) is 31.2 Å². The van der Waals surface area contributed by atoms with Gasteiger partial charge in [0.15, 0.2) is 0 Å². The van der Waals surface area contributed by atoms with Crippen LogP contribution in [0.1, 0.15) is 24.7 Å². The van der Waals surface area contributed by atoms with Crippen molar-refractivity contribution in [1.29, 1.82) is 0 Å². The van der Waals surface area contributed by atoms with Crippen LogP contribution < -0.4 is 0 Å². The SMILES string of the molecule is CCCO/N=C(/c1cc(-c2ccc(F)cc2)no1)n1cc(CC(=O)O)c2ccccc21. The number of hydrogen-bond donors (Lipinski definition) is 1. The maximum absolute atomic E-state index is 13.2. The number of nitrogens with zero attached hydrogens (tertiary/aromatic N) is 3. The molecule has 7 nitrogen and oxygen atoms in total. The Morgan fingerprint density at radius 2 is 2.00 bits per heavy atom. The molecule has 0 unspecified atom stereocenters. The highest BCUT2D eigenvalue weighted by molar-refractivity contribution is 6.05. The van der Waals surface area contributed by atoms with Gasteiger partial charge < -0.3 is 14.5 Å². The number of carbonyl (C=O) groups is 1. The van der Waals surface area contributed by atoms with Gasteiger partial charge in [-0.25, -0.2) is 4.39 Å². The average molecular weight is 421 g/mol. The number of aromatic nitrogens is 2. The fourth-order valence-electron chi connectivity index (χ4n) is 3.27. The van der Waals surface area contributed by atoms with E-state index in [0.717, 1.165) is 17.3 Å². The highest BCUT2D eigenvalue weighted by Crippen LogP contribution is 2.25. The summed E-state index contributed by atoms with van der Waals surface area (Å²) in [5.74, 6) is -0.602. The number of benzene rings is 2. The van der Waals surface area contributed by atoms with Gasteiger partial charge in [-0.05, 0) is 42.3 Å². The molecule has 0 saturated heterocycles. The predicted molar refractivity (Wildman–Crippen MR) is 113 cm³/mol. The monoisotopic (exact) mass is 421 g/mol. The minimum absolute atomic E-state index is 0.131. The van der Waals surface area contributed by atoms with Gasteiger partial charge in [0.25, 0.3) is 0 Å². The predicted octanol–water partition coefficient (Wildman–Crippen LogP) is 4.70. The van der Waals surface area contributed by atoms with Crippen LogP contribution in [0.5, 0.6) is 0 Å². The zero-order chi connectivity index (χ0) is 21.8. The first kappa shape index (κ1) is 20.3. The van der Waals surface area contributed by atoms with Gasteiger partial charge in [-0.15, -0.1) is 0 Å². The van der Waals surface area contributed by atoms with E-state index in [1.54, 1.807) is 29.0 Å². The van der Waals surface area contributed by atoms with E-state index in [0.29, 0.717) is 35.0 Å². The van der Waals surface area contributed by atoms with Crippen LogP contribution in [-0.4, -0.2) is 33.2 Å². The molecule has 0 spiro atoms. The van der Waals surface area contributed by atoms with Gasteiger partial charge in [0.2, 0.25) is 11.6 Å². The number of fused-ring (bicyclic) bond motifs is 1. The van der Waals surface area contributed by atoms with Crippen molar-refractivity contribution in [1.82, 2.24) is 9.72 Å². The number of rotatable bonds is 7. The van der Waals surface area contributed by atoms with Gasteiger partial charge in [0, 0.05) is 23.2 Å². The van der Waals surface area contributed by atoms with Crippen LogP contribution in [0.2, 0.25) is 0 Å². The molecule has 2 aromatic carbocycles. The maximum atomic E-state index is 13.2. The summed E-state index contributed by atoms with van der Waals surface area (Å²) < 4.78 is 20.5. The van der Waals surface area contributed by atoms with Gasteiger partial charge in [0.05, 0.1) is 11.9 Å². The van der Waals surface area contributed by atoms with Crippen molar-refractivity contribution in [3.63, 3.8) is 0 Å². The summed E-state index contributed by atoms with van der Waals surface area (Å²) in [5, 5.41) is 18.4. The summed E-state index contributed by atoms with van der Waals surface area (Å²) >= 11 is 0. The third kappa shape index (κ3) is 4.32. The van der Waals surface area contributed by atoms with Crippen molar-refractivity contribution in [3.8, 4) is 11.3 Å². The van der Waals surface area contributed by atoms with E-state index in [2.05, 4.69) is 10.3 Å². The lowest BCUT2D eigenvalue weighted by Gasteiger charge is -2.06. The topological polar surface area (TPSA) is 89.9 Å².